The number of likely N-dealkylation sites (N-methyl/N-ethyl adjacent to an activating group) is 1. The molecule has 1 heterocycles. The van der Waals surface area contributed by atoms with Gasteiger partial charge in [-0.05, 0) is 14.0 Å². The van der Waals surface area contributed by atoms with Gasteiger partial charge in [0, 0.05) is 15.9 Å². The Balaban J connectivity index is 2.87. The summed E-state index contributed by atoms with van der Waals surface area (Å²) in [6.07, 6.45) is 0. The van der Waals surface area contributed by atoms with E-state index < -0.39 is 0 Å². The van der Waals surface area contributed by atoms with Crippen LogP contribution in [0.25, 0.3) is 0 Å². The standard InChI is InChI=1S/C7H9BrN2O2/c1-4-6(5(11)3-9-2)12-7(8)10-4/h9H,3H2,1-2H3. The number of carbonyl (C=O) groups excluding carboxylic acids is 1. The molecule has 0 unspecified atom stereocenters. The minimum atomic E-state index is -0.0896. The van der Waals surface area contributed by atoms with E-state index in [1.165, 1.54) is 0 Å². The van der Waals surface area contributed by atoms with Crippen LogP contribution in [0.2, 0.25) is 0 Å². The predicted molar refractivity (Wildman–Crippen MR) is 47.2 cm³/mol. The number of carbonyl (C=O) groups is 1. The van der Waals surface area contributed by atoms with Crippen molar-refractivity contribution in [2.45, 2.75) is 6.92 Å². The van der Waals surface area contributed by atoms with E-state index in [4.69, 9.17) is 4.42 Å². The molecular weight excluding hydrogens is 224 g/mol. The topological polar surface area (TPSA) is 55.1 Å². The highest BCUT2D eigenvalue weighted by Crippen LogP contribution is 2.14. The van der Waals surface area contributed by atoms with Crippen LogP contribution < -0.4 is 5.32 Å². The zero-order chi connectivity index (χ0) is 9.14. The van der Waals surface area contributed by atoms with Crippen molar-refractivity contribution in [3.63, 3.8) is 0 Å². The number of nitrogens with zero attached hydrogens (tertiary/aromatic N) is 1. The Morgan fingerprint density at radius 3 is 2.83 bits per heavy atom. The summed E-state index contributed by atoms with van der Waals surface area (Å²) in [4.78, 5) is 15.5. The van der Waals surface area contributed by atoms with Crippen LogP contribution in [-0.2, 0) is 0 Å². The Bertz CT molecular complexity index is 296. The largest absolute Gasteiger partial charge is 0.428 e. The molecule has 1 aromatic rings. The molecule has 0 atom stereocenters. The minimum Gasteiger partial charge on any atom is -0.428 e. The van der Waals surface area contributed by atoms with Crippen LogP contribution in [0.15, 0.2) is 9.22 Å². The lowest BCUT2D eigenvalue weighted by atomic mass is 10.2. The highest BCUT2D eigenvalue weighted by atomic mass is 79.9. The van der Waals surface area contributed by atoms with Crippen molar-refractivity contribution in [2.75, 3.05) is 13.6 Å². The number of halogens is 1. The Morgan fingerprint density at radius 1 is 1.75 bits per heavy atom. The fourth-order valence-corrected chi connectivity index (χ4v) is 1.29. The highest BCUT2D eigenvalue weighted by Gasteiger charge is 2.14. The first-order valence-electron chi connectivity index (χ1n) is 3.46. The average Bonchev–Trinajstić information content (AvgIpc) is 2.30. The van der Waals surface area contributed by atoms with E-state index in [-0.39, 0.29) is 12.3 Å². The lowest BCUT2D eigenvalue weighted by molar-refractivity contribution is 0.0965. The summed E-state index contributed by atoms with van der Waals surface area (Å²) in [5.41, 5.74) is 0.613. The van der Waals surface area contributed by atoms with Gasteiger partial charge < -0.3 is 9.73 Å². The molecule has 0 fully saturated rings. The molecule has 4 nitrogen and oxygen atoms in total. The maximum atomic E-state index is 11.3. The van der Waals surface area contributed by atoms with Crippen LogP contribution in [0, 0.1) is 6.92 Å². The summed E-state index contributed by atoms with van der Waals surface area (Å²) in [6, 6.07) is 0. The van der Waals surface area contributed by atoms with Gasteiger partial charge in [0.05, 0.1) is 12.2 Å². The molecule has 0 aliphatic heterocycles. The number of aryl methyl sites for hydroxylation is 1. The number of hydrogen-bond acceptors (Lipinski definition) is 4. The third kappa shape index (κ3) is 1.92. The van der Waals surface area contributed by atoms with E-state index in [0.29, 0.717) is 16.3 Å². The lowest BCUT2D eigenvalue weighted by Gasteiger charge is -1.94. The second-order valence-electron chi connectivity index (χ2n) is 2.33. The van der Waals surface area contributed by atoms with Gasteiger partial charge in [-0.1, -0.05) is 0 Å². The maximum Gasteiger partial charge on any atom is 0.264 e. The summed E-state index contributed by atoms with van der Waals surface area (Å²) in [6.45, 7) is 2.00. The molecule has 12 heavy (non-hydrogen) atoms. The highest BCUT2D eigenvalue weighted by molar-refractivity contribution is 9.10. The molecule has 0 saturated heterocycles. The number of oxazole rings is 1. The van der Waals surface area contributed by atoms with Gasteiger partial charge in [0.15, 0.2) is 5.76 Å². The van der Waals surface area contributed by atoms with Gasteiger partial charge in [0.1, 0.15) is 0 Å². The summed E-state index contributed by atoms with van der Waals surface area (Å²) < 4.78 is 5.04. The first-order valence-corrected chi connectivity index (χ1v) is 4.25. The van der Waals surface area contributed by atoms with Crippen LogP contribution in [0.4, 0.5) is 0 Å². The molecule has 0 bridgehead atoms. The van der Waals surface area contributed by atoms with Crippen molar-refractivity contribution < 1.29 is 9.21 Å². The molecular formula is C7H9BrN2O2. The molecule has 0 radical (unpaired) electrons. The Kier molecular flexibility index (Phi) is 2.99. The van der Waals surface area contributed by atoms with Crippen molar-refractivity contribution in [3.05, 3.63) is 16.3 Å². The van der Waals surface area contributed by atoms with Gasteiger partial charge in [-0.15, -0.1) is 0 Å². The van der Waals surface area contributed by atoms with Gasteiger partial charge in [-0.3, -0.25) is 4.79 Å². The number of aromatic nitrogens is 1. The first-order chi connectivity index (χ1) is 5.65. The minimum absolute atomic E-state index is 0.0896. The number of rotatable bonds is 3. The van der Waals surface area contributed by atoms with Crippen LogP contribution in [0.3, 0.4) is 0 Å². The maximum absolute atomic E-state index is 11.3. The fourth-order valence-electron chi connectivity index (χ4n) is 0.863. The van der Waals surface area contributed by atoms with Crippen LogP contribution in [-0.4, -0.2) is 24.4 Å². The van der Waals surface area contributed by atoms with E-state index in [2.05, 4.69) is 26.2 Å². The molecule has 1 aromatic heterocycles. The van der Waals surface area contributed by atoms with Crippen LogP contribution in [0.5, 0.6) is 0 Å². The molecule has 0 aliphatic carbocycles. The number of hydrogen-bond donors (Lipinski definition) is 1. The van der Waals surface area contributed by atoms with Crippen molar-refractivity contribution in [3.8, 4) is 0 Å². The third-order valence-corrected chi connectivity index (χ3v) is 1.70. The second kappa shape index (κ2) is 3.82. The summed E-state index contributed by atoms with van der Waals surface area (Å²) >= 11 is 3.05. The molecule has 66 valence electrons. The van der Waals surface area contributed by atoms with Crippen molar-refractivity contribution in [1.29, 1.82) is 0 Å². The molecule has 0 aliphatic rings. The van der Waals surface area contributed by atoms with Gasteiger partial charge in [0.25, 0.3) is 4.80 Å². The molecule has 5 heteroatoms. The third-order valence-electron chi connectivity index (χ3n) is 1.36. The normalized spacial score (nSPS) is 10.2. The molecule has 0 amide bonds. The smallest absolute Gasteiger partial charge is 0.264 e. The summed E-state index contributed by atoms with van der Waals surface area (Å²) in [7, 11) is 1.71. The summed E-state index contributed by atoms with van der Waals surface area (Å²) in [5, 5.41) is 2.75. The number of nitrogens with one attached hydrogen (secondary N) is 1. The van der Waals surface area contributed by atoms with Crippen LogP contribution >= 0.6 is 15.9 Å². The number of ketones is 1. The van der Waals surface area contributed by atoms with Gasteiger partial charge in [0.2, 0.25) is 5.78 Å². The van der Waals surface area contributed by atoms with E-state index in [1.54, 1.807) is 14.0 Å². The van der Waals surface area contributed by atoms with E-state index in [1.807, 2.05) is 0 Å². The Hall–Kier alpha value is -0.680. The molecule has 1 N–H and O–H groups in total. The molecule has 0 spiro atoms. The molecule has 0 saturated carbocycles. The quantitative estimate of drug-likeness (QED) is 0.795. The van der Waals surface area contributed by atoms with Crippen molar-refractivity contribution in [1.82, 2.24) is 10.3 Å². The lowest BCUT2D eigenvalue weighted by Crippen LogP contribution is -2.18. The Labute approximate surface area is 78.5 Å². The van der Waals surface area contributed by atoms with E-state index in [0.717, 1.165) is 0 Å². The molecule has 0 aromatic carbocycles. The fraction of sp³-hybridized carbons (Fsp3) is 0.429. The van der Waals surface area contributed by atoms with Crippen molar-refractivity contribution in [2.24, 2.45) is 0 Å². The van der Waals surface area contributed by atoms with E-state index in [9.17, 15) is 4.79 Å². The zero-order valence-electron chi connectivity index (χ0n) is 6.85. The number of Topliss-reactive ketones (excluding diaryl/α,β-unsaturated/α-hetero) is 1. The summed E-state index contributed by atoms with van der Waals surface area (Å²) in [5.74, 6) is 0.226. The van der Waals surface area contributed by atoms with Gasteiger partial charge >= 0.3 is 0 Å². The Morgan fingerprint density at radius 2 is 2.42 bits per heavy atom. The van der Waals surface area contributed by atoms with Gasteiger partial charge in [-0.25, -0.2) is 4.98 Å². The van der Waals surface area contributed by atoms with E-state index >= 15 is 0 Å². The van der Waals surface area contributed by atoms with Crippen LogP contribution in [0.1, 0.15) is 16.2 Å². The first kappa shape index (κ1) is 9.41. The molecule has 1 rings (SSSR count). The van der Waals surface area contributed by atoms with Gasteiger partial charge in [-0.2, -0.15) is 0 Å². The van der Waals surface area contributed by atoms with Crippen molar-refractivity contribution >= 4 is 21.7 Å². The SMILES string of the molecule is CNCC(=O)c1oc(Br)nc1C. The monoisotopic (exact) mass is 232 g/mol. The zero-order valence-corrected chi connectivity index (χ0v) is 8.43. The predicted octanol–water partition coefficient (Wildman–Crippen LogP) is 1.15. The average molecular weight is 233 g/mol. The second-order valence-corrected chi connectivity index (χ2v) is 3.01.